The van der Waals surface area contributed by atoms with Crippen LogP contribution in [-0.4, -0.2) is 29.5 Å². The van der Waals surface area contributed by atoms with Crippen LogP contribution < -0.4 is 11.1 Å². The Bertz CT molecular complexity index is 260. The highest BCUT2D eigenvalue weighted by atomic mass is 32.2. The lowest BCUT2D eigenvalue weighted by Gasteiger charge is -2.36. The van der Waals surface area contributed by atoms with Crippen molar-refractivity contribution in [2.45, 2.75) is 57.5 Å². The summed E-state index contributed by atoms with van der Waals surface area (Å²) in [7, 11) is 0. The van der Waals surface area contributed by atoms with Crippen LogP contribution in [0.15, 0.2) is 0 Å². The molecule has 0 saturated heterocycles. The summed E-state index contributed by atoms with van der Waals surface area (Å²) in [6.45, 7) is 4.24. The Hall–Kier alpha value is -0.220. The minimum Gasteiger partial charge on any atom is -0.352 e. The molecule has 1 fully saturated rings. The van der Waals surface area contributed by atoms with E-state index in [1.807, 2.05) is 11.8 Å². The summed E-state index contributed by atoms with van der Waals surface area (Å²) in [6.07, 6.45) is 7.03. The smallest absolute Gasteiger partial charge is 0.240 e. The van der Waals surface area contributed by atoms with Gasteiger partial charge in [0.2, 0.25) is 5.91 Å². The van der Waals surface area contributed by atoms with Crippen molar-refractivity contribution >= 4 is 17.7 Å². The maximum absolute atomic E-state index is 12.2. The lowest BCUT2D eigenvalue weighted by molar-refractivity contribution is -0.128. The third-order valence-electron chi connectivity index (χ3n) is 3.62. The second-order valence-electron chi connectivity index (χ2n) is 5.51. The van der Waals surface area contributed by atoms with E-state index in [4.69, 9.17) is 5.73 Å². The molecule has 3 atom stereocenters. The van der Waals surface area contributed by atoms with Crippen LogP contribution in [-0.2, 0) is 4.79 Å². The maximum atomic E-state index is 12.2. The van der Waals surface area contributed by atoms with Gasteiger partial charge in [-0.05, 0) is 44.1 Å². The highest BCUT2D eigenvalue weighted by molar-refractivity contribution is 7.98. The molecule has 0 radical (unpaired) electrons. The van der Waals surface area contributed by atoms with E-state index in [0.717, 1.165) is 31.4 Å². The van der Waals surface area contributed by atoms with E-state index < -0.39 is 5.54 Å². The van der Waals surface area contributed by atoms with Crippen molar-refractivity contribution in [3.05, 3.63) is 0 Å². The standard InChI is InChI=1S/C13H26N2OS/c1-10-5-4-7-13(14,9-10)12(16)15-11(2)6-8-17-3/h10-11H,4-9,14H2,1-3H3,(H,15,16). The Morgan fingerprint density at radius 1 is 1.65 bits per heavy atom. The van der Waals surface area contributed by atoms with E-state index in [0.29, 0.717) is 5.92 Å². The van der Waals surface area contributed by atoms with Crippen molar-refractivity contribution in [2.24, 2.45) is 11.7 Å². The van der Waals surface area contributed by atoms with Crippen molar-refractivity contribution in [3.63, 3.8) is 0 Å². The molecule has 1 rings (SSSR count). The molecule has 0 bridgehead atoms. The first-order valence-corrected chi connectivity index (χ1v) is 7.96. The predicted molar refractivity (Wildman–Crippen MR) is 75.2 cm³/mol. The van der Waals surface area contributed by atoms with Crippen LogP contribution in [0.25, 0.3) is 0 Å². The molecule has 0 aromatic heterocycles. The quantitative estimate of drug-likeness (QED) is 0.794. The minimum atomic E-state index is -0.620. The van der Waals surface area contributed by atoms with Gasteiger partial charge < -0.3 is 11.1 Å². The van der Waals surface area contributed by atoms with Gasteiger partial charge in [-0.3, -0.25) is 4.79 Å². The number of carbonyl (C=O) groups excluding carboxylic acids is 1. The Morgan fingerprint density at radius 2 is 2.35 bits per heavy atom. The number of thioether (sulfide) groups is 1. The Balaban J connectivity index is 2.45. The Kier molecular flexibility index (Phi) is 5.80. The molecule has 3 unspecified atom stereocenters. The molecule has 0 spiro atoms. The van der Waals surface area contributed by atoms with E-state index in [9.17, 15) is 4.79 Å². The summed E-state index contributed by atoms with van der Waals surface area (Å²) in [6, 6.07) is 0.229. The van der Waals surface area contributed by atoms with Gasteiger partial charge in [0.1, 0.15) is 0 Å². The maximum Gasteiger partial charge on any atom is 0.240 e. The van der Waals surface area contributed by atoms with Gasteiger partial charge in [-0.25, -0.2) is 0 Å². The van der Waals surface area contributed by atoms with Gasteiger partial charge >= 0.3 is 0 Å². The van der Waals surface area contributed by atoms with Crippen molar-refractivity contribution in [1.29, 1.82) is 0 Å². The minimum absolute atomic E-state index is 0.0534. The molecule has 3 N–H and O–H groups in total. The van der Waals surface area contributed by atoms with Crippen molar-refractivity contribution in [2.75, 3.05) is 12.0 Å². The molecule has 1 aliphatic rings. The number of rotatable bonds is 5. The number of nitrogens with one attached hydrogen (secondary N) is 1. The molecular weight excluding hydrogens is 232 g/mol. The highest BCUT2D eigenvalue weighted by Crippen LogP contribution is 2.30. The molecule has 4 heteroatoms. The Labute approximate surface area is 109 Å². The molecule has 100 valence electrons. The second kappa shape index (κ2) is 6.64. The van der Waals surface area contributed by atoms with Crippen molar-refractivity contribution in [1.82, 2.24) is 5.32 Å². The lowest BCUT2D eigenvalue weighted by atomic mass is 9.76. The van der Waals surface area contributed by atoms with E-state index in [2.05, 4.69) is 25.4 Å². The van der Waals surface area contributed by atoms with Crippen LogP contribution in [0, 0.1) is 5.92 Å². The molecule has 0 heterocycles. The van der Waals surface area contributed by atoms with Crippen molar-refractivity contribution < 1.29 is 4.79 Å². The van der Waals surface area contributed by atoms with E-state index in [1.54, 1.807) is 0 Å². The third-order valence-corrected chi connectivity index (χ3v) is 4.26. The topological polar surface area (TPSA) is 55.1 Å². The average molecular weight is 258 g/mol. The zero-order valence-corrected chi connectivity index (χ0v) is 12.1. The van der Waals surface area contributed by atoms with Crippen LogP contribution in [0.5, 0.6) is 0 Å². The van der Waals surface area contributed by atoms with Crippen LogP contribution in [0.4, 0.5) is 0 Å². The molecule has 1 saturated carbocycles. The normalized spacial score (nSPS) is 30.9. The van der Waals surface area contributed by atoms with Gasteiger partial charge in [-0.1, -0.05) is 19.8 Å². The molecule has 1 aliphatic carbocycles. The number of amides is 1. The Morgan fingerprint density at radius 3 is 2.94 bits per heavy atom. The first-order valence-electron chi connectivity index (χ1n) is 6.56. The van der Waals surface area contributed by atoms with E-state index in [1.165, 1.54) is 6.42 Å². The molecule has 0 aliphatic heterocycles. The summed E-state index contributed by atoms with van der Waals surface area (Å²) in [5.41, 5.74) is 5.63. The van der Waals surface area contributed by atoms with Gasteiger partial charge in [-0.15, -0.1) is 0 Å². The highest BCUT2D eigenvalue weighted by Gasteiger charge is 2.38. The van der Waals surface area contributed by atoms with Crippen LogP contribution in [0.1, 0.15) is 46.0 Å². The number of carbonyl (C=O) groups is 1. The second-order valence-corrected chi connectivity index (χ2v) is 6.50. The fourth-order valence-electron chi connectivity index (χ4n) is 2.53. The zero-order chi connectivity index (χ0) is 12.9. The van der Waals surface area contributed by atoms with Gasteiger partial charge in [0.15, 0.2) is 0 Å². The fraction of sp³-hybridized carbons (Fsp3) is 0.923. The molecular formula is C13H26N2OS. The largest absolute Gasteiger partial charge is 0.352 e. The molecule has 0 aromatic carbocycles. The number of hydrogen-bond acceptors (Lipinski definition) is 3. The van der Waals surface area contributed by atoms with Gasteiger partial charge in [-0.2, -0.15) is 11.8 Å². The first kappa shape index (κ1) is 14.8. The zero-order valence-electron chi connectivity index (χ0n) is 11.3. The van der Waals surface area contributed by atoms with Crippen LogP contribution in [0.2, 0.25) is 0 Å². The van der Waals surface area contributed by atoms with Crippen molar-refractivity contribution in [3.8, 4) is 0 Å². The fourth-order valence-corrected chi connectivity index (χ4v) is 3.12. The predicted octanol–water partition coefficient (Wildman–Crippen LogP) is 2.15. The summed E-state index contributed by atoms with van der Waals surface area (Å²) in [4.78, 5) is 12.2. The summed E-state index contributed by atoms with van der Waals surface area (Å²) in [5.74, 6) is 1.70. The monoisotopic (exact) mass is 258 g/mol. The first-order chi connectivity index (χ1) is 7.98. The molecule has 1 amide bonds. The lowest BCUT2D eigenvalue weighted by Crippen LogP contribution is -2.57. The molecule has 3 nitrogen and oxygen atoms in total. The molecule has 17 heavy (non-hydrogen) atoms. The van der Waals surface area contributed by atoms with Crippen LogP contribution >= 0.6 is 11.8 Å². The van der Waals surface area contributed by atoms with E-state index in [-0.39, 0.29) is 11.9 Å². The molecule has 0 aromatic rings. The average Bonchev–Trinajstić information content (AvgIpc) is 2.26. The number of nitrogens with two attached hydrogens (primary N) is 1. The summed E-state index contributed by atoms with van der Waals surface area (Å²) < 4.78 is 0. The summed E-state index contributed by atoms with van der Waals surface area (Å²) in [5, 5.41) is 3.07. The summed E-state index contributed by atoms with van der Waals surface area (Å²) >= 11 is 1.81. The SMILES string of the molecule is CSCCC(C)NC(=O)C1(N)CCCC(C)C1. The van der Waals surface area contributed by atoms with Gasteiger partial charge in [0.05, 0.1) is 5.54 Å². The van der Waals surface area contributed by atoms with Gasteiger partial charge in [0.25, 0.3) is 0 Å². The third kappa shape index (κ3) is 4.51. The van der Waals surface area contributed by atoms with Gasteiger partial charge in [0, 0.05) is 6.04 Å². The van der Waals surface area contributed by atoms with Crippen LogP contribution in [0.3, 0.4) is 0 Å². The number of hydrogen-bond donors (Lipinski definition) is 2. The van der Waals surface area contributed by atoms with E-state index >= 15 is 0 Å².